The Morgan fingerprint density at radius 1 is 0.647 bits per heavy atom. The first kappa shape index (κ1) is 13.3. The van der Waals surface area contributed by atoms with Gasteiger partial charge in [-0.15, -0.1) is 0 Å². The quantitative estimate of drug-likeness (QED) is 0.700. The van der Waals surface area contributed by atoms with E-state index in [0.717, 1.165) is 20.4 Å². The van der Waals surface area contributed by atoms with Crippen molar-refractivity contribution >= 4 is 31.9 Å². The molecule has 2 nitrogen and oxygen atoms in total. The van der Waals surface area contributed by atoms with Gasteiger partial charge >= 0.3 is 131 Å². The Kier molecular flexibility index (Phi) is 5.26. The van der Waals surface area contributed by atoms with Gasteiger partial charge in [-0.2, -0.15) is 0 Å². The van der Waals surface area contributed by atoms with Crippen molar-refractivity contribution in [3.8, 4) is 11.5 Å². The van der Waals surface area contributed by atoms with Crippen LogP contribution in [0.3, 0.4) is 0 Å². The first-order valence-electron chi connectivity index (χ1n) is 4.84. The molecule has 0 aliphatic carbocycles. The summed E-state index contributed by atoms with van der Waals surface area (Å²) in [5.74, 6) is 1.72. The van der Waals surface area contributed by atoms with Crippen LogP contribution in [0.1, 0.15) is 0 Å². The third kappa shape index (κ3) is 4.57. The average Bonchev–Trinajstić information content (AvgIpc) is 2.34. The number of rotatable bonds is 4. The molecule has 0 fully saturated rings. The van der Waals surface area contributed by atoms with Gasteiger partial charge in [0.05, 0.1) is 0 Å². The van der Waals surface area contributed by atoms with Crippen molar-refractivity contribution in [2.75, 3.05) is 0 Å². The summed E-state index contributed by atoms with van der Waals surface area (Å²) in [6.07, 6.45) is 0. The molecule has 0 aromatic heterocycles. The van der Waals surface area contributed by atoms with Crippen LogP contribution in [0.5, 0.6) is 11.5 Å². The van der Waals surface area contributed by atoms with Crippen LogP contribution in [0.4, 0.5) is 0 Å². The Morgan fingerprint density at radius 2 is 1.00 bits per heavy atom. The van der Waals surface area contributed by atoms with Crippen molar-refractivity contribution < 1.29 is 29.7 Å². The number of benzene rings is 2. The second kappa shape index (κ2) is 6.72. The Morgan fingerprint density at radius 3 is 1.35 bits per heavy atom. The summed E-state index contributed by atoms with van der Waals surface area (Å²) in [6, 6.07) is 15.5. The minimum atomic E-state index is -1.32. The molecule has 0 heterocycles. The van der Waals surface area contributed by atoms with Gasteiger partial charge in [-0.05, 0) is 0 Å². The maximum absolute atomic E-state index is 5.61. The molecule has 2 rings (SSSR count). The summed E-state index contributed by atoms with van der Waals surface area (Å²) in [7, 11) is 0. The Hall–Kier alpha value is -0.117. The minimum absolute atomic E-state index is 0.858. The van der Waals surface area contributed by atoms with E-state index in [1.165, 1.54) is 0 Å². The molecule has 0 saturated heterocycles. The van der Waals surface area contributed by atoms with E-state index in [1.54, 1.807) is 0 Å². The van der Waals surface area contributed by atoms with Crippen molar-refractivity contribution in [2.24, 2.45) is 0 Å². The van der Waals surface area contributed by atoms with E-state index in [-0.39, 0.29) is 0 Å². The van der Waals surface area contributed by atoms with Crippen molar-refractivity contribution in [1.29, 1.82) is 0 Å². The fraction of sp³-hybridized carbons (Fsp3) is 0. The van der Waals surface area contributed by atoms with Crippen molar-refractivity contribution in [3.05, 3.63) is 57.5 Å². The van der Waals surface area contributed by atoms with Crippen LogP contribution in [-0.4, -0.2) is 0 Å². The molecule has 0 aliphatic heterocycles. The standard InChI is InChI=1S/2C6H5BrO.Zr/c2*7-5-1-3-6(8)4-2-5;/h2*1-4,8H;/q;;+2/p-2. The van der Waals surface area contributed by atoms with Gasteiger partial charge in [0.15, 0.2) is 0 Å². The molecule has 5 heteroatoms. The summed E-state index contributed by atoms with van der Waals surface area (Å²) in [5, 5.41) is 0. The van der Waals surface area contributed by atoms with Crippen molar-refractivity contribution in [3.63, 3.8) is 0 Å². The third-order valence-corrected chi connectivity index (χ3v) is 4.57. The van der Waals surface area contributed by atoms with Gasteiger partial charge in [0.1, 0.15) is 0 Å². The molecular weight excluding hydrogens is 427 g/mol. The molecule has 0 aliphatic rings. The number of hydrogen-bond donors (Lipinski definition) is 0. The summed E-state index contributed by atoms with van der Waals surface area (Å²) in [6.45, 7) is 0. The fourth-order valence-corrected chi connectivity index (χ4v) is 2.90. The van der Waals surface area contributed by atoms with Crippen LogP contribution < -0.4 is 5.63 Å². The summed E-state index contributed by atoms with van der Waals surface area (Å²) >= 11 is 5.44. The molecule has 0 atom stereocenters. The molecule has 0 radical (unpaired) electrons. The third-order valence-electron chi connectivity index (χ3n) is 1.95. The zero-order valence-corrected chi connectivity index (χ0v) is 14.3. The predicted octanol–water partition coefficient (Wildman–Crippen LogP) is 4.58. The van der Waals surface area contributed by atoms with Crippen LogP contribution in [0.25, 0.3) is 0 Å². The van der Waals surface area contributed by atoms with Gasteiger partial charge in [-0.1, -0.05) is 0 Å². The van der Waals surface area contributed by atoms with E-state index >= 15 is 0 Å². The first-order chi connectivity index (χ1) is 8.24. The van der Waals surface area contributed by atoms with Gasteiger partial charge in [-0.3, -0.25) is 0 Å². The van der Waals surface area contributed by atoms with E-state index in [2.05, 4.69) is 31.9 Å². The normalized spacial score (nSPS) is 9.76. The molecular formula is C12H8Br2O2Zr. The molecule has 86 valence electrons. The van der Waals surface area contributed by atoms with E-state index in [0.29, 0.717) is 0 Å². The molecule has 0 saturated carbocycles. The zero-order valence-electron chi connectivity index (χ0n) is 8.69. The molecule has 17 heavy (non-hydrogen) atoms. The molecule has 2 aromatic carbocycles. The molecule has 0 amide bonds. The van der Waals surface area contributed by atoms with E-state index in [1.807, 2.05) is 48.5 Å². The van der Waals surface area contributed by atoms with Crippen LogP contribution in [0, 0.1) is 0 Å². The molecule has 0 spiro atoms. The van der Waals surface area contributed by atoms with E-state index in [4.69, 9.17) is 5.63 Å². The van der Waals surface area contributed by atoms with E-state index < -0.39 is 24.1 Å². The van der Waals surface area contributed by atoms with Gasteiger partial charge in [0, 0.05) is 0 Å². The Bertz CT molecular complexity index is 425. The van der Waals surface area contributed by atoms with Gasteiger partial charge < -0.3 is 0 Å². The second-order valence-electron chi connectivity index (χ2n) is 3.20. The molecule has 2 aromatic rings. The number of hydrogen-bond acceptors (Lipinski definition) is 2. The Balaban J connectivity index is 1.83. The van der Waals surface area contributed by atoms with Crippen LogP contribution >= 0.6 is 31.9 Å². The predicted molar refractivity (Wildman–Crippen MR) is 69.5 cm³/mol. The topological polar surface area (TPSA) is 18.5 Å². The molecule has 0 N–H and O–H groups in total. The van der Waals surface area contributed by atoms with Crippen LogP contribution in [0.2, 0.25) is 0 Å². The van der Waals surface area contributed by atoms with Crippen molar-refractivity contribution in [2.45, 2.75) is 0 Å². The molecule has 0 bridgehead atoms. The van der Waals surface area contributed by atoms with Crippen molar-refractivity contribution in [1.82, 2.24) is 0 Å². The monoisotopic (exact) mass is 432 g/mol. The Labute approximate surface area is 129 Å². The first-order valence-corrected chi connectivity index (χ1v) is 8.43. The summed E-state index contributed by atoms with van der Waals surface area (Å²) in [4.78, 5) is 0. The van der Waals surface area contributed by atoms with Crippen LogP contribution in [-0.2, 0) is 24.1 Å². The summed E-state index contributed by atoms with van der Waals surface area (Å²) < 4.78 is 13.3. The average molecular weight is 435 g/mol. The van der Waals surface area contributed by atoms with Gasteiger partial charge in [0.2, 0.25) is 0 Å². The van der Waals surface area contributed by atoms with Gasteiger partial charge in [-0.25, -0.2) is 0 Å². The fourth-order valence-electron chi connectivity index (χ4n) is 1.12. The maximum atomic E-state index is 5.61. The SMILES string of the molecule is Brc1ccc([O][Zr][O]c2ccc(Br)cc2)cc1. The van der Waals surface area contributed by atoms with Gasteiger partial charge in [0.25, 0.3) is 0 Å². The van der Waals surface area contributed by atoms with Crippen LogP contribution in [0.15, 0.2) is 57.5 Å². The second-order valence-corrected chi connectivity index (χ2v) is 6.44. The molecule has 0 unspecified atom stereocenters. The van der Waals surface area contributed by atoms with E-state index in [9.17, 15) is 0 Å². The number of halogens is 2. The zero-order chi connectivity index (χ0) is 12.1. The summed E-state index contributed by atoms with van der Waals surface area (Å²) in [5.41, 5.74) is 0.